The van der Waals surface area contributed by atoms with Gasteiger partial charge in [-0.1, -0.05) is 13.8 Å². The number of rotatable bonds is 6. The monoisotopic (exact) mass is 215 g/mol. The third-order valence-corrected chi connectivity index (χ3v) is 3.16. The summed E-state index contributed by atoms with van der Waals surface area (Å²) in [6.07, 6.45) is 5.56. The molecule has 2 N–H and O–H groups in total. The number of hydrogen-bond acceptors (Lipinski definition) is 3. The van der Waals surface area contributed by atoms with Crippen LogP contribution in [0.15, 0.2) is 0 Å². The summed E-state index contributed by atoms with van der Waals surface area (Å²) in [4.78, 5) is 0. The third kappa shape index (κ3) is 4.96. The summed E-state index contributed by atoms with van der Waals surface area (Å²) in [5.41, 5.74) is 0. The Balaban J connectivity index is 2.09. The Morgan fingerprint density at radius 2 is 1.93 bits per heavy atom. The Bertz CT molecular complexity index is 156. The van der Waals surface area contributed by atoms with Crippen molar-refractivity contribution in [2.45, 2.75) is 64.2 Å². The Morgan fingerprint density at radius 1 is 1.27 bits per heavy atom. The van der Waals surface area contributed by atoms with E-state index in [4.69, 9.17) is 4.74 Å². The van der Waals surface area contributed by atoms with Gasteiger partial charge in [0.25, 0.3) is 0 Å². The zero-order chi connectivity index (χ0) is 11.1. The fourth-order valence-corrected chi connectivity index (χ4v) is 2.09. The lowest BCUT2D eigenvalue weighted by Gasteiger charge is -2.29. The second-order valence-corrected chi connectivity index (χ2v) is 4.43. The summed E-state index contributed by atoms with van der Waals surface area (Å²) >= 11 is 0. The molecule has 1 rings (SSSR count). The third-order valence-electron chi connectivity index (χ3n) is 3.16. The number of aliphatic hydroxyl groups excluding tert-OH is 1. The van der Waals surface area contributed by atoms with Crippen molar-refractivity contribution in [3.63, 3.8) is 0 Å². The maximum Gasteiger partial charge on any atom is 0.0771 e. The Hall–Kier alpha value is -0.120. The molecule has 0 bridgehead atoms. The highest BCUT2D eigenvalue weighted by molar-refractivity contribution is 4.77. The van der Waals surface area contributed by atoms with Gasteiger partial charge in [0.15, 0.2) is 0 Å². The molecule has 3 nitrogen and oxygen atoms in total. The Morgan fingerprint density at radius 3 is 2.47 bits per heavy atom. The van der Waals surface area contributed by atoms with Crippen molar-refractivity contribution in [2.24, 2.45) is 0 Å². The van der Waals surface area contributed by atoms with Crippen LogP contribution in [0.25, 0.3) is 0 Å². The van der Waals surface area contributed by atoms with Crippen LogP contribution in [-0.2, 0) is 4.74 Å². The highest BCUT2D eigenvalue weighted by Crippen LogP contribution is 2.21. The first-order valence-electron chi connectivity index (χ1n) is 6.29. The summed E-state index contributed by atoms with van der Waals surface area (Å²) in [7, 11) is 0. The molecule has 0 spiro atoms. The van der Waals surface area contributed by atoms with E-state index in [1.807, 2.05) is 6.92 Å². The summed E-state index contributed by atoms with van der Waals surface area (Å²) < 4.78 is 5.68. The van der Waals surface area contributed by atoms with Gasteiger partial charge in [0.2, 0.25) is 0 Å². The van der Waals surface area contributed by atoms with Gasteiger partial charge in [-0.3, -0.25) is 0 Å². The minimum atomic E-state index is -0.281. The van der Waals surface area contributed by atoms with Crippen LogP contribution in [0.4, 0.5) is 0 Å². The minimum absolute atomic E-state index is 0.281. The van der Waals surface area contributed by atoms with Gasteiger partial charge < -0.3 is 15.2 Å². The van der Waals surface area contributed by atoms with Crippen LogP contribution < -0.4 is 5.32 Å². The first-order valence-corrected chi connectivity index (χ1v) is 6.29. The molecule has 0 radical (unpaired) electrons. The zero-order valence-electron chi connectivity index (χ0n) is 10.0. The molecule has 0 saturated heterocycles. The zero-order valence-corrected chi connectivity index (χ0v) is 10.0. The lowest BCUT2D eigenvalue weighted by Crippen LogP contribution is -2.35. The summed E-state index contributed by atoms with van der Waals surface area (Å²) in [6.45, 7) is 5.70. The molecule has 3 heteroatoms. The predicted molar refractivity (Wildman–Crippen MR) is 62.0 cm³/mol. The van der Waals surface area contributed by atoms with E-state index in [1.54, 1.807) is 0 Å². The van der Waals surface area contributed by atoms with Crippen molar-refractivity contribution in [3.8, 4) is 0 Å². The van der Waals surface area contributed by atoms with Crippen LogP contribution >= 0.6 is 0 Å². The van der Waals surface area contributed by atoms with Gasteiger partial charge in [0, 0.05) is 6.04 Å². The molecule has 1 aliphatic rings. The normalized spacial score (nSPS) is 29.0. The molecule has 0 aliphatic heterocycles. The Kier molecular flexibility index (Phi) is 6.22. The highest BCUT2D eigenvalue weighted by atomic mass is 16.5. The number of nitrogens with one attached hydrogen (secondary N) is 1. The van der Waals surface area contributed by atoms with Gasteiger partial charge in [0.05, 0.1) is 18.8 Å². The molecule has 1 atom stereocenters. The molecule has 90 valence electrons. The van der Waals surface area contributed by atoms with Crippen LogP contribution in [0.3, 0.4) is 0 Å². The van der Waals surface area contributed by atoms with Crippen molar-refractivity contribution in [2.75, 3.05) is 13.2 Å². The van der Waals surface area contributed by atoms with E-state index in [0.29, 0.717) is 18.8 Å². The van der Waals surface area contributed by atoms with Gasteiger partial charge in [-0.2, -0.15) is 0 Å². The van der Waals surface area contributed by atoms with Crippen LogP contribution in [0.2, 0.25) is 0 Å². The van der Waals surface area contributed by atoms with Crippen molar-refractivity contribution < 1.29 is 9.84 Å². The van der Waals surface area contributed by atoms with E-state index >= 15 is 0 Å². The van der Waals surface area contributed by atoms with E-state index < -0.39 is 0 Å². The van der Waals surface area contributed by atoms with Crippen LogP contribution in [0.1, 0.15) is 46.0 Å². The van der Waals surface area contributed by atoms with E-state index in [1.165, 1.54) is 12.8 Å². The molecular formula is C12H25NO2. The largest absolute Gasteiger partial charge is 0.391 e. The molecule has 1 saturated carbocycles. The second-order valence-electron chi connectivity index (χ2n) is 4.43. The number of ether oxygens (including phenoxy) is 1. The molecule has 0 amide bonds. The van der Waals surface area contributed by atoms with Gasteiger partial charge in [-0.25, -0.2) is 0 Å². The maximum atomic E-state index is 9.39. The molecular weight excluding hydrogens is 190 g/mol. The topological polar surface area (TPSA) is 41.5 Å². The van der Waals surface area contributed by atoms with Gasteiger partial charge >= 0.3 is 0 Å². The molecule has 15 heavy (non-hydrogen) atoms. The lowest BCUT2D eigenvalue weighted by atomic mass is 9.93. The van der Waals surface area contributed by atoms with Crippen molar-refractivity contribution in [1.29, 1.82) is 0 Å². The first kappa shape index (κ1) is 12.9. The van der Waals surface area contributed by atoms with Gasteiger partial charge in [-0.05, 0) is 38.6 Å². The number of hydrogen-bond donors (Lipinski definition) is 2. The quantitative estimate of drug-likeness (QED) is 0.708. The summed E-state index contributed by atoms with van der Waals surface area (Å²) in [6, 6.07) is 0.686. The van der Waals surface area contributed by atoms with E-state index in [9.17, 15) is 5.11 Å². The summed E-state index contributed by atoms with van der Waals surface area (Å²) in [5, 5.41) is 12.9. The molecule has 0 aromatic rings. The maximum absolute atomic E-state index is 9.39. The first-order chi connectivity index (χ1) is 7.26. The van der Waals surface area contributed by atoms with E-state index in [2.05, 4.69) is 12.2 Å². The molecule has 0 aromatic heterocycles. The van der Waals surface area contributed by atoms with E-state index in [-0.39, 0.29) is 6.10 Å². The fraction of sp³-hybridized carbons (Fsp3) is 1.00. The molecule has 1 unspecified atom stereocenters. The number of aliphatic hydroxyl groups is 1. The van der Waals surface area contributed by atoms with Crippen LogP contribution in [0.5, 0.6) is 0 Å². The summed E-state index contributed by atoms with van der Waals surface area (Å²) in [5.74, 6) is 0. The van der Waals surface area contributed by atoms with Crippen molar-refractivity contribution in [1.82, 2.24) is 5.32 Å². The van der Waals surface area contributed by atoms with Crippen molar-refractivity contribution >= 4 is 0 Å². The fourth-order valence-electron chi connectivity index (χ4n) is 2.09. The highest BCUT2D eigenvalue weighted by Gasteiger charge is 2.21. The van der Waals surface area contributed by atoms with Crippen molar-refractivity contribution in [3.05, 3.63) is 0 Å². The minimum Gasteiger partial charge on any atom is -0.391 e. The molecule has 1 fully saturated rings. The van der Waals surface area contributed by atoms with Crippen LogP contribution in [-0.4, -0.2) is 36.5 Å². The Labute approximate surface area is 93.2 Å². The van der Waals surface area contributed by atoms with Crippen LogP contribution in [0, 0.1) is 0 Å². The van der Waals surface area contributed by atoms with Gasteiger partial charge in [0.1, 0.15) is 0 Å². The average molecular weight is 215 g/mol. The second kappa shape index (κ2) is 7.20. The van der Waals surface area contributed by atoms with Gasteiger partial charge in [-0.15, -0.1) is 0 Å². The lowest BCUT2D eigenvalue weighted by molar-refractivity contribution is -0.0274. The molecule has 0 heterocycles. The standard InChI is InChI=1S/C12H25NO2/c1-3-11(14)9-15-12-7-5-10(6-8-12)13-4-2/h10-14H,3-9H2,1-2H3. The smallest absolute Gasteiger partial charge is 0.0771 e. The average Bonchev–Trinajstić information content (AvgIpc) is 2.28. The SMILES string of the molecule is CCNC1CCC(OCC(O)CC)CC1. The molecule has 0 aromatic carbocycles. The molecule has 1 aliphatic carbocycles. The van der Waals surface area contributed by atoms with E-state index in [0.717, 1.165) is 25.8 Å². The predicted octanol–water partition coefficient (Wildman–Crippen LogP) is 1.69.